The highest BCUT2D eigenvalue weighted by atomic mass is 19.1. The first-order chi connectivity index (χ1) is 11.5. The van der Waals surface area contributed by atoms with Crippen molar-refractivity contribution in [3.63, 3.8) is 0 Å². The van der Waals surface area contributed by atoms with E-state index >= 15 is 0 Å². The van der Waals surface area contributed by atoms with E-state index < -0.39 is 11.9 Å². The Morgan fingerprint density at radius 1 is 1.21 bits per heavy atom. The molecule has 2 aromatic rings. The Hall–Kier alpha value is -2.27. The van der Waals surface area contributed by atoms with E-state index in [4.69, 9.17) is 0 Å². The van der Waals surface area contributed by atoms with Gasteiger partial charge in [0.2, 0.25) is 5.91 Å². The summed E-state index contributed by atoms with van der Waals surface area (Å²) in [5.41, 5.74) is 2.21. The maximum absolute atomic E-state index is 13.3. The van der Waals surface area contributed by atoms with Crippen molar-refractivity contribution >= 4 is 5.91 Å². The highest BCUT2D eigenvalue weighted by Crippen LogP contribution is 2.30. The largest absolute Gasteiger partial charge is 0.388 e. The molecule has 0 aliphatic heterocycles. The van der Waals surface area contributed by atoms with E-state index in [2.05, 4.69) is 5.32 Å². The summed E-state index contributed by atoms with van der Waals surface area (Å²) in [6.45, 7) is 0. The van der Waals surface area contributed by atoms with Crippen molar-refractivity contribution in [1.82, 2.24) is 5.32 Å². The summed E-state index contributed by atoms with van der Waals surface area (Å²) in [5.74, 6) is -1.04. The number of aliphatic hydroxyl groups excluding tert-OH is 1. The van der Waals surface area contributed by atoms with Gasteiger partial charge in [0.25, 0.3) is 0 Å². The van der Waals surface area contributed by atoms with Crippen LogP contribution in [0.4, 0.5) is 8.78 Å². The minimum Gasteiger partial charge on any atom is -0.388 e. The molecule has 126 valence electrons. The van der Waals surface area contributed by atoms with Gasteiger partial charge in [0, 0.05) is 0 Å². The number of nitrogens with one attached hydrogen (secondary N) is 1. The maximum atomic E-state index is 13.3. The van der Waals surface area contributed by atoms with Crippen molar-refractivity contribution in [3.05, 3.63) is 70.8 Å². The van der Waals surface area contributed by atoms with Crippen molar-refractivity contribution in [3.8, 4) is 0 Å². The predicted molar refractivity (Wildman–Crippen MR) is 86.2 cm³/mol. The lowest BCUT2D eigenvalue weighted by molar-refractivity contribution is -0.124. The molecule has 1 amide bonds. The molecule has 0 aromatic heterocycles. The molecule has 2 aromatic carbocycles. The third-order valence-electron chi connectivity index (χ3n) is 4.37. The smallest absolute Gasteiger partial charge is 0.223 e. The third-order valence-corrected chi connectivity index (χ3v) is 4.37. The van der Waals surface area contributed by atoms with Crippen LogP contribution in [0.25, 0.3) is 0 Å². The van der Waals surface area contributed by atoms with Gasteiger partial charge in [-0.1, -0.05) is 18.2 Å². The van der Waals surface area contributed by atoms with Crippen LogP contribution in [0.3, 0.4) is 0 Å². The van der Waals surface area contributed by atoms with Crippen LogP contribution in [0.5, 0.6) is 0 Å². The molecule has 1 aliphatic carbocycles. The monoisotopic (exact) mass is 331 g/mol. The second-order valence-electron chi connectivity index (χ2n) is 6.13. The topological polar surface area (TPSA) is 49.3 Å². The summed E-state index contributed by atoms with van der Waals surface area (Å²) >= 11 is 0. The van der Waals surface area contributed by atoms with E-state index in [1.54, 1.807) is 12.1 Å². The third kappa shape index (κ3) is 3.79. The lowest BCUT2D eigenvalue weighted by Crippen LogP contribution is -2.31. The van der Waals surface area contributed by atoms with E-state index in [1.807, 2.05) is 0 Å². The Labute approximate surface area is 139 Å². The molecule has 24 heavy (non-hydrogen) atoms. The first-order valence-corrected chi connectivity index (χ1v) is 8.04. The van der Waals surface area contributed by atoms with Gasteiger partial charge in [-0.05, 0) is 60.2 Å². The van der Waals surface area contributed by atoms with Gasteiger partial charge in [0.1, 0.15) is 11.6 Å². The number of fused-ring (bicyclic) bond motifs is 1. The zero-order valence-electron chi connectivity index (χ0n) is 13.1. The SMILES string of the molecule is O=C(CC(O)c1cccc(F)c1)NC1CCCc2cc(F)ccc21. The van der Waals surface area contributed by atoms with E-state index in [-0.39, 0.29) is 24.2 Å². The summed E-state index contributed by atoms with van der Waals surface area (Å²) in [5, 5.41) is 13.0. The Morgan fingerprint density at radius 2 is 2.00 bits per heavy atom. The number of halogens is 2. The van der Waals surface area contributed by atoms with E-state index in [1.165, 1.54) is 30.3 Å². The van der Waals surface area contributed by atoms with E-state index in [9.17, 15) is 18.7 Å². The molecule has 0 bridgehead atoms. The molecule has 3 rings (SSSR count). The molecular formula is C19H19F2NO2. The summed E-state index contributed by atoms with van der Waals surface area (Å²) in [6.07, 6.45) is 1.24. The van der Waals surface area contributed by atoms with Crippen molar-refractivity contribution in [2.75, 3.05) is 0 Å². The van der Waals surface area contributed by atoms with Gasteiger partial charge in [-0.25, -0.2) is 8.78 Å². The average molecular weight is 331 g/mol. The molecule has 0 radical (unpaired) electrons. The van der Waals surface area contributed by atoms with Crippen LogP contribution in [0.15, 0.2) is 42.5 Å². The minimum absolute atomic E-state index is 0.142. The number of aliphatic hydroxyl groups is 1. The number of amides is 1. The molecule has 0 heterocycles. The fourth-order valence-electron chi connectivity index (χ4n) is 3.19. The second kappa shape index (κ2) is 7.09. The predicted octanol–water partition coefficient (Wildman–Crippen LogP) is 3.58. The highest BCUT2D eigenvalue weighted by Gasteiger charge is 2.23. The molecule has 2 atom stereocenters. The molecule has 2 N–H and O–H groups in total. The quantitative estimate of drug-likeness (QED) is 0.900. The van der Waals surface area contributed by atoms with Crippen molar-refractivity contribution in [2.45, 2.75) is 37.8 Å². The van der Waals surface area contributed by atoms with Gasteiger partial charge in [-0.2, -0.15) is 0 Å². The lowest BCUT2D eigenvalue weighted by atomic mass is 9.87. The Bertz CT molecular complexity index is 748. The molecule has 0 spiro atoms. The molecule has 0 fully saturated rings. The maximum Gasteiger partial charge on any atom is 0.223 e. The summed E-state index contributed by atoms with van der Waals surface area (Å²) in [7, 11) is 0. The first kappa shape index (κ1) is 16.6. The molecule has 0 saturated heterocycles. The molecular weight excluding hydrogens is 312 g/mol. The highest BCUT2D eigenvalue weighted by molar-refractivity contribution is 5.77. The second-order valence-corrected chi connectivity index (χ2v) is 6.13. The van der Waals surface area contributed by atoms with Crippen LogP contribution < -0.4 is 5.32 Å². The molecule has 3 nitrogen and oxygen atoms in total. The number of aryl methyl sites for hydroxylation is 1. The van der Waals surface area contributed by atoms with Crippen LogP contribution in [-0.4, -0.2) is 11.0 Å². The van der Waals surface area contributed by atoms with Crippen LogP contribution in [0.1, 0.15) is 48.1 Å². The average Bonchev–Trinajstić information content (AvgIpc) is 2.54. The van der Waals surface area contributed by atoms with Crippen molar-refractivity contribution < 1.29 is 18.7 Å². The summed E-state index contributed by atoms with van der Waals surface area (Å²) in [6, 6.07) is 10.0. The van der Waals surface area contributed by atoms with Crippen LogP contribution in [0.2, 0.25) is 0 Å². The molecule has 1 aliphatic rings. The van der Waals surface area contributed by atoms with Gasteiger partial charge < -0.3 is 10.4 Å². The lowest BCUT2D eigenvalue weighted by Gasteiger charge is -2.27. The van der Waals surface area contributed by atoms with E-state index in [0.717, 1.165) is 30.4 Å². The Balaban J connectivity index is 1.66. The normalized spacial score (nSPS) is 17.9. The number of carbonyl (C=O) groups excluding carboxylic acids is 1. The van der Waals surface area contributed by atoms with Crippen molar-refractivity contribution in [2.24, 2.45) is 0 Å². The molecule has 5 heteroatoms. The van der Waals surface area contributed by atoms with Crippen molar-refractivity contribution in [1.29, 1.82) is 0 Å². The van der Waals surface area contributed by atoms with Gasteiger partial charge in [0.15, 0.2) is 0 Å². The van der Waals surface area contributed by atoms with Crippen LogP contribution in [0, 0.1) is 11.6 Å². The minimum atomic E-state index is -1.06. The Morgan fingerprint density at radius 3 is 2.79 bits per heavy atom. The van der Waals surface area contributed by atoms with Crippen LogP contribution >= 0.6 is 0 Å². The Kier molecular flexibility index (Phi) is 4.90. The number of rotatable bonds is 4. The fourth-order valence-corrected chi connectivity index (χ4v) is 3.19. The molecule has 0 saturated carbocycles. The zero-order chi connectivity index (χ0) is 17.1. The first-order valence-electron chi connectivity index (χ1n) is 8.04. The van der Waals surface area contributed by atoms with Gasteiger partial charge in [-0.3, -0.25) is 4.79 Å². The zero-order valence-corrected chi connectivity index (χ0v) is 13.1. The molecule has 2 unspecified atom stereocenters. The number of benzene rings is 2. The summed E-state index contributed by atoms with van der Waals surface area (Å²) < 4.78 is 26.5. The van der Waals surface area contributed by atoms with Gasteiger partial charge in [0.05, 0.1) is 18.6 Å². The van der Waals surface area contributed by atoms with Gasteiger partial charge >= 0.3 is 0 Å². The van der Waals surface area contributed by atoms with E-state index in [0.29, 0.717) is 5.56 Å². The number of hydrogen-bond donors (Lipinski definition) is 2. The standard InChI is InChI=1S/C19H19F2NO2/c20-14-5-1-4-13(10-14)18(23)11-19(24)22-17-6-2-3-12-9-15(21)7-8-16(12)17/h1,4-5,7-10,17-18,23H,2-3,6,11H2,(H,22,24). The number of hydrogen-bond acceptors (Lipinski definition) is 2. The summed E-state index contributed by atoms with van der Waals surface area (Å²) in [4.78, 5) is 12.2. The van der Waals surface area contributed by atoms with Gasteiger partial charge in [-0.15, -0.1) is 0 Å². The van der Waals surface area contributed by atoms with Crippen LogP contribution in [-0.2, 0) is 11.2 Å². The fraction of sp³-hybridized carbons (Fsp3) is 0.316. The number of carbonyl (C=O) groups is 1.